The highest BCUT2D eigenvalue weighted by atomic mass is 16.2. The first-order chi connectivity index (χ1) is 11.4. The van der Waals surface area contributed by atoms with Gasteiger partial charge in [0.05, 0.1) is 12.0 Å². The molecule has 1 amide bonds. The predicted molar refractivity (Wildman–Crippen MR) is 95.6 cm³/mol. The van der Waals surface area contributed by atoms with Gasteiger partial charge >= 0.3 is 0 Å². The minimum absolute atomic E-state index is 0.142. The van der Waals surface area contributed by atoms with Crippen LogP contribution in [0.3, 0.4) is 0 Å². The minimum Gasteiger partial charge on any atom is -0.300 e. The van der Waals surface area contributed by atoms with Crippen molar-refractivity contribution in [3.63, 3.8) is 0 Å². The second-order valence-electron chi connectivity index (χ2n) is 9.27. The molecule has 0 radical (unpaired) electrons. The van der Waals surface area contributed by atoms with Gasteiger partial charge in [0.25, 0.3) is 0 Å². The molecular formula is C22H25NO. The molecule has 0 saturated heterocycles. The first kappa shape index (κ1) is 14.6. The maximum absolute atomic E-state index is 13.6. The van der Waals surface area contributed by atoms with Crippen LogP contribution in [0.4, 0.5) is 5.69 Å². The Morgan fingerprint density at radius 3 is 2.67 bits per heavy atom. The molecule has 24 heavy (non-hydrogen) atoms. The highest BCUT2D eigenvalue weighted by molar-refractivity contribution is 6.12. The maximum atomic E-state index is 13.6. The first-order valence-electron chi connectivity index (χ1n) is 9.21. The molecule has 4 aliphatic rings. The monoisotopic (exact) mass is 319 g/mol. The van der Waals surface area contributed by atoms with Gasteiger partial charge in [-0.2, -0.15) is 0 Å². The van der Waals surface area contributed by atoms with Crippen molar-refractivity contribution in [2.24, 2.45) is 22.2 Å². The minimum atomic E-state index is -0.304. The molecule has 124 valence electrons. The average molecular weight is 319 g/mol. The molecule has 4 atom stereocenters. The fourth-order valence-electron chi connectivity index (χ4n) is 7.18. The third kappa shape index (κ3) is 1.17. The number of nitrogens with zero attached hydrogens (tertiary/aromatic N) is 1. The van der Waals surface area contributed by atoms with E-state index in [-0.39, 0.29) is 22.2 Å². The van der Waals surface area contributed by atoms with Crippen molar-refractivity contribution in [2.75, 3.05) is 11.4 Å². The Hall–Kier alpha value is -1.75. The van der Waals surface area contributed by atoms with E-state index in [9.17, 15) is 4.79 Å². The number of para-hydroxylation sites is 1. The van der Waals surface area contributed by atoms with Crippen LogP contribution in [-0.2, 0) is 10.2 Å². The van der Waals surface area contributed by atoms with Crippen molar-refractivity contribution in [3.8, 4) is 12.3 Å². The summed E-state index contributed by atoms with van der Waals surface area (Å²) in [6.07, 6.45) is 10.4. The van der Waals surface area contributed by atoms with Gasteiger partial charge in [0.2, 0.25) is 5.91 Å². The lowest BCUT2D eigenvalue weighted by Crippen LogP contribution is -2.42. The molecular weight excluding hydrogens is 294 g/mol. The van der Waals surface area contributed by atoms with E-state index in [0.29, 0.717) is 12.0 Å². The summed E-state index contributed by atoms with van der Waals surface area (Å²) >= 11 is 0. The van der Waals surface area contributed by atoms with E-state index < -0.39 is 0 Å². The zero-order chi connectivity index (χ0) is 17.0. The second kappa shape index (κ2) is 3.90. The van der Waals surface area contributed by atoms with Crippen molar-refractivity contribution in [1.29, 1.82) is 0 Å². The molecule has 3 saturated carbocycles. The van der Waals surface area contributed by atoms with Gasteiger partial charge in [-0.3, -0.25) is 9.69 Å². The fraction of sp³-hybridized carbons (Fsp3) is 0.591. The molecule has 2 spiro atoms. The largest absolute Gasteiger partial charge is 0.300 e. The van der Waals surface area contributed by atoms with Crippen molar-refractivity contribution in [2.45, 2.75) is 51.9 Å². The Morgan fingerprint density at radius 1 is 1.29 bits per heavy atom. The molecule has 2 nitrogen and oxygen atoms in total. The standard InChI is InChI=1S/C22H25NO/c1-5-12-23-17-9-7-6-8-16(17)22(18(23)24)14-21(22)13-15-10-11-20(21,4)19(15,2)3/h1,6-9,15H,10-14H2,2-4H3/t15-,20-,21+,22-/m0/s1. The predicted octanol–water partition coefficient (Wildman–Crippen LogP) is 4.14. The van der Waals surface area contributed by atoms with E-state index in [1.54, 1.807) is 0 Å². The van der Waals surface area contributed by atoms with Crippen LogP contribution in [-0.4, -0.2) is 12.5 Å². The van der Waals surface area contributed by atoms with Crippen molar-refractivity contribution < 1.29 is 4.79 Å². The van der Waals surface area contributed by atoms with Gasteiger partial charge in [0, 0.05) is 5.69 Å². The lowest BCUT2D eigenvalue weighted by Gasteiger charge is -2.42. The summed E-state index contributed by atoms with van der Waals surface area (Å²) in [5, 5.41) is 0. The molecule has 0 aromatic heterocycles. The molecule has 2 bridgehead atoms. The average Bonchev–Trinajstić information content (AvgIpc) is 3.05. The van der Waals surface area contributed by atoms with Gasteiger partial charge in [0.1, 0.15) is 0 Å². The Labute approximate surface area is 144 Å². The second-order valence-corrected chi connectivity index (χ2v) is 9.27. The van der Waals surface area contributed by atoms with E-state index in [1.807, 2.05) is 11.0 Å². The molecule has 0 N–H and O–H groups in total. The fourth-order valence-corrected chi connectivity index (χ4v) is 7.18. The number of amides is 1. The molecule has 5 rings (SSSR count). The summed E-state index contributed by atoms with van der Waals surface area (Å²) in [5.74, 6) is 3.71. The van der Waals surface area contributed by atoms with E-state index in [4.69, 9.17) is 6.42 Å². The topological polar surface area (TPSA) is 20.3 Å². The zero-order valence-electron chi connectivity index (χ0n) is 14.9. The summed E-state index contributed by atoms with van der Waals surface area (Å²) in [4.78, 5) is 15.4. The SMILES string of the molecule is C#CCN1C(=O)[C@]2(C[C@@]23C[C@@H]2CC[C@@]3(C)C2(C)C)c2ccccc21. The summed E-state index contributed by atoms with van der Waals surface area (Å²) < 4.78 is 0. The van der Waals surface area contributed by atoms with Crippen LogP contribution in [0.1, 0.15) is 52.0 Å². The molecule has 1 heterocycles. The Kier molecular flexibility index (Phi) is 2.37. The van der Waals surface area contributed by atoms with E-state index >= 15 is 0 Å². The van der Waals surface area contributed by atoms with Crippen molar-refractivity contribution in [3.05, 3.63) is 29.8 Å². The molecule has 2 heteroatoms. The number of terminal acetylenes is 1. The maximum Gasteiger partial charge on any atom is 0.239 e. The van der Waals surface area contributed by atoms with Crippen LogP contribution >= 0.6 is 0 Å². The third-order valence-corrected chi connectivity index (χ3v) is 8.86. The highest BCUT2D eigenvalue weighted by Gasteiger charge is 2.87. The van der Waals surface area contributed by atoms with Crippen LogP contribution in [0.2, 0.25) is 0 Å². The van der Waals surface area contributed by atoms with Gasteiger partial charge < -0.3 is 0 Å². The summed E-state index contributed by atoms with van der Waals surface area (Å²) in [5.41, 5.74) is 2.71. The molecule has 3 aliphatic carbocycles. The smallest absolute Gasteiger partial charge is 0.239 e. The van der Waals surface area contributed by atoms with Crippen molar-refractivity contribution in [1.82, 2.24) is 0 Å². The quantitative estimate of drug-likeness (QED) is 0.712. The number of carbonyl (C=O) groups is 1. The van der Waals surface area contributed by atoms with E-state index in [2.05, 4.69) is 44.9 Å². The Bertz CT molecular complexity index is 818. The molecule has 1 aromatic rings. The number of carbonyl (C=O) groups excluding carboxylic acids is 1. The van der Waals surface area contributed by atoms with Crippen LogP contribution in [0.15, 0.2) is 24.3 Å². The van der Waals surface area contributed by atoms with E-state index in [0.717, 1.165) is 18.0 Å². The third-order valence-electron chi connectivity index (χ3n) is 8.86. The Morgan fingerprint density at radius 2 is 2.04 bits per heavy atom. The van der Waals surface area contributed by atoms with Crippen LogP contribution in [0.5, 0.6) is 0 Å². The lowest BCUT2D eigenvalue weighted by atomic mass is 9.61. The summed E-state index contributed by atoms with van der Waals surface area (Å²) in [7, 11) is 0. The zero-order valence-corrected chi connectivity index (χ0v) is 14.9. The van der Waals surface area contributed by atoms with Gasteiger partial charge in [-0.25, -0.2) is 0 Å². The normalized spacial score (nSPS) is 43.5. The van der Waals surface area contributed by atoms with Crippen LogP contribution < -0.4 is 4.90 Å². The molecule has 0 unspecified atom stereocenters. The number of benzene rings is 1. The molecule has 1 aromatic carbocycles. The number of hydrogen-bond donors (Lipinski definition) is 0. The summed E-state index contributed by atoms with van der Waals surface area (Å²) in [6.45, 7) is 7.73. The van der Waals surface area contributed by atoms with Crippen molar-refractivity contribution >= 4 is 11.6 Å². The number of hydrogen-bond acceptors (Lipinski definition) is 1. The number of rotatable bonds is 1. The molecule has 1 aliphatic heterocycles. The number of anilines is 1. The van der Waals surface area contributed by atoms with Gasteiger partial charge in [0.15, 0.2) is 0 Å². The van der Waals surface area contributed by atoms with Crippen LogP contribution in [0.25, 0.3) is 0 Å². The highest BCUT2D eigenvalue weighted by Crippen LogP contribution is 2.88. The van der Waals surface area contributed by atoms with Gasteiger partial charge in [-0.05, 0) is 59.5 Å². The Balaban J connectivity index is 1.70. The van der Waals surface area contributed by atoms with Gasteiger partial charge in [-0.15, -0.1) is 6.42 Å². The van der Waals surface area contributed by atoms with E-state index in [1.165, 1.54) is 24.8 Å². The lowest BCUT2D eigenvalue weighted by molar-refractivity contribution is -0.122. The van der Waals surface area contributed by atoms with Crippen LogP contribution in [0, 0.1) is 34.5 Å². The molecule has 3 fully saturated rings. The first-order valence-corrected chi connectivity index (χ1v) is 9.21. The van der Waals surface area contributed by atoms with Gasteiger partial charge in [-0.1, -0.05) is 44.9 Å². The summed E-state index contributed by atoms with van der Waals surface area (Å²) in [6, 6.07) is 8.36. The number of fused-ring (bicyclic) bond motifs is 6.